The molecule has 0 amide bonds. The van der Waals surface area contributed by atoms with Crippen LogP contribution in [0.3, 0.4) is 0 Å². The van der Waals surface area contributed by atoms with E-state index in [2.05, 4.69) is 6.92 Å². The summed E-state index contributed by atoms with van der Waals surface area (Å²) in [5, 5.41) is 9.28. The predicted molar refractivity (Wildman–Crippen MR) is 130 cm³/mol. The lowest BCUT2D eigenvalue weighted by atomic mass is 9.77. The minimum Gasteiger partial charge on any atom is -0.477 e. The van der Waals surface area contributed by atoms with Crippen LogP contribution >= 0.6 is 0 Å². The van der Waals surface area contributed by atoms with Crippen molar-refractivity contribution >= 4 is 5.97 Å². The van der Waals surface area contributed by atoms with Gasteiger partial charge in [-0.3, -0.25) is 0 Å². The van der Waals surface area contributed by atoms with E-state index in [1.54, 1.807) is 0 Å². The van der Waals surface area contributed by atoms with Crippen LogP contribution in [0.25, 0.3) is 11.1 Å². The fourth-order valence-corrected chi connectivity index (χ4v) is 5.44. The lowest BCUT2D eigenvalue weighted by Gasteiger charge is -2.29. The second-order valence-electron chi connectivity index (χ2n) is 10.1. The number of carboxylic acids is 1. The fourth-order valence-electron chi connectivity index (χ4n) is 5.44. The van der Waals surface area contributed by atoms with Gasteiger partial charge in [0.05, 0.1) is 0 Å². The molecule has 0 saturated heterocycles. The molecule has 3 rings (SSSR count). The van der Waals surface area contributed by atoms with Crippen LogP contribution in [0.15, 0.2) is 18.2 Å². The number of benzene rings is 2. The highest BCUT2D eigenvalue weighted by molar-refractivity contribution is 5.90. The number of rotatable bonds is 12. The van der Waals surface area contributed by atoms with Crippen molar-refractivity contribution < 1.29 is 31.9 Å². The van der Waals surface area contributed by atoms with Crippen molar-refractivity contribution in [2.24, 2.45) is 11.8 Å². The van der Waals surface area contributed by atoms with E-state index < -0.39 is 40.6 Å². The average molecular weight is 511 g/mol. The Morgan fingerprint density at radius 2 is 1.33 bits per heavy atom. The highest BCUT2D eigenvalue weighted by Gasteiger charge is 2.27. The molecular weight excluding hydrogens is 475 g/mol. The van der Waals surface area contributed by atoms with Crippen LogP contribution in [0, 0.1) is 40.9 Å². The topological polar surface area (TPSA) is 37.3 Å². The van der Waals surface area contributed by atoms with Crippen molar-refractivity contribution in [2.75, 3.05) is 0 Å². The maximum Gasteiger partial charge on any atom is 0.341 e. The molecule has 2 nitrogen and oxygen atoms in total. The maximum atomic E-state index is 15.2. The Morgan fingerprint density at radius 3 is 1.92 bits per heavy atom. The summed E-state index contributed by atoms with van der Waals surface area (Å²) in [7, 11) is 0. The Balaban J connectivity index is 1.68. The smallest absolute Gasteiger partial charge is 0.341 e. The molecule has 0 spiro atoms. The maximum absolute atomic E-state index is 15.2. The van der Waals surface area contributed by atoms with Gasteiger partial charge in [0.1, 0.15) is 17.2 Å². The first-order chi connectivity index (χ1) is 17.2. The zero-order chi connectivity index (χ0) is 26.2. The molecule has 1 N–H and O–H groups in total. The molecule has 1 aliphatic carbocycles. The Bertz CT molecular complexity index is 1020. The van der Waals surface area contributed by atoms with Gasteiger partial charge in [-0.1, -0.05) is 77.6 Å². The third-order valence-corrected chi connectivity index (χ3v) is 7.56. The third-order valence-electron chi connectivity index (χ3n) is 7.56. The minimum absolute atomic E-state index is 0.0924. The van der Waals surface area contributed by atoms with Gasteiger partial charge in [-0.15, -0.1) is 0 Å². The lowest BCUT2D eigenvalue weighted by molar-refractivity contribution is 0.0686. The molecule has 0 heterocycles. The number of aromatic carboxylic acids is 1. The van der Waals surface area contributed by atoms with Crippen molar-refractivity contribution in [1.82, 2.24) is 0 Å². The van der Waals surface area contributed by atoms with E-state index >= 15 is 4.39 Å². The average Bonchev–Trinajstić information content (AvgIpc) is 2.84. The first-order valence-corrected chi connectivity index (χ1v) is 13.1. The SMILES string of the molecule is CCCCCCCCC1CCC(CCc2c(-c3cc(F)c(F)c(F)c3)cc(F)c(C(=O)O)c2F)CC1. The molecular formula is C29H35F5O2. The molecule has 2 aromatic carbocycles. The van der Waals surface area contributed by atoms with Crippen LogP contribution in [0.4, 0.5) is 22.0 Å². The highest BCUT2D eigenvalue weighted by atomic mass is 19.2. The van der Waals surface area contributed by atoms with Gasteiger partial charge >= 0.3 is 5.97 Å². The molecule has 0 bridgehead atoms. The number of hydrogen-bond donors (Lipinski definition) is 1. The monoisotopic (exact) mass is 510 g/mol. The molecule has 0 radical (unpaired) electrons. The summed E-state index contributed by atoms with van der Waals surface area (Å²) in [6.45, 7) is 2.21. The summed E-state index contributed by atoms with van der Waals surface area (Å²) in [6.07, 6.45) is 13.6. The predicted octanol–water partition coefficient (Wildman–Crippen LogP) is 9.24. The van der Waals surface area contributed by atoms with Crippen molar-refractivity contribution in [3.63, 3.8) is 0 Å². The Hall–Kier alpha value is -2.44. The summed E-state index contributed by atoms with van der Waals surface area (Å²) < 4.78 is 70.8. The Kier molecular flexibility index (Phi) is 10.3. The van der Waals surface area contributed by atoms with E-state index in [-0.39, 0.29) is 23.1 Å². The van der Waals surface area contributed by atoms with Crippen LogP contribution in [-0.4, -0.2) is 11.1 Å². The molecule has 0 atom stereocenters. The summed E-state index contributed by atoms with van der Waals surface area (Å²) in [6, 6.07) is 2.11. The largest absolute Gasteiger partial charge is 0.477 e. The molecule has 0 unspecified atom stereocenters. The van der Waals surface area contributed by atoms with E-state index in [1.807, 2.05) is 0 Å². The van der Waals surface area contributed by atoms with E-state index in [0.717, 1.165) is 31.7 Å². The molecule has 0 aromatic heterocycles. The van der Waals surface area contributed by atoms with Gasteiger partial charge < -0.3 is 5.11 Å². The first kappa shape index (κ1) is 28.1. The van der Waals surface area contributed by atoms with Gasteiger partial charge in [0.2, 0.25) is 0 Å². The Labute approximate surface area is 209 Å². The van der Waals surface area contributed by atoms with Crippen LogP contribution in [-0.2, 0) is 6.42 Å². The van der Waals surface area contributed by atoms with Crippen molar-refractivity contribution in [2.45, 2.75) is 90.4 Å². The number of carbonyl (C=O) groups is 1. The minimum atomic E-state index is -1.76. The molecule has 1 fully saturated rings. The van der Waals surface area contributed by atoms with Gasteiger partial charge in [-0.05, 0) is 59.6 Å². The van der Waals surface area contributed by atoms with E-state index in [1.165, 1.54) is 44.9 Å². The lowest BCUT2D eigenvalue weighted by Crippen LogP contribution is -2.16. The summed E-state index contributed by atoms with van der Waals surface area (Å²) in [5.41, 5.74) is -1.61. The van der Waals surface area contributed by atoms with Gasteiger partial charge in [0.25, 0.3) is 0 Å². The van der Waals surface area contributed by atoms with Crippen molar-refractivity contribution in [3.8, 4) is 11.1 Å². The fraction of sp³-hybridized carbons (Fsp3) is 0.552. The van der Waals surface area contributed by atoms with Crippen LogP contribution in [0.1, 0.15) is 99.9 Å². The van der Waals surface area contributed by atoms with E-state index in [0.29, 0.717) is 30.4 Å². The number of halogens is 5. The summed E-state index contributed by atoms with van der Waals surface area (Å²) in [5.74, 6) is -8.01. The zero-order valence-corrected chi connectivity index (χ0v) is 20.8. The van der Waals surface area contributed by atoms with Gasteiger partial charge in [-0.25, -0.2) is 26.7 Å². The molecule has 7 heteroatoms. The van der Waals surface area contributed by atoms with Gasteiger partial charge in [0, 0.05) is 0 Å². The number of carboxylic acid groups (broad SMARTS) is 1. The standard InChI is InChI=1S/C29H35F5O2/c1-2-3-4-5-6-7-8-18-9-11-19(12-10-18)13-14-21-22(17-23(30)26(27(21)33)29(35)36)20-15-24(31)28(34)25(32)16-20/h15-19H,2-14H2,1H3,(H,35,36). The molecule has 198 valence electrons. The zero-order valence-electron chi connectivity index (χ0n) is 20.8. The molecule has 1 aliphatic rings. The van der Waals surface area contributed by atoms with E-state index in [4.69, 9.17) is 0 Å². The summed E-state index contributed by atoms with van der Waals surface area (Å²) >= 11 is 0. The highest BCUT2D eigenvalue weighted by Crippen LogP contribution is 2.37. The molecule has 0 aliphatic heterocycles. The van der Waals surface area contributed by atoms with Crippen LogP contribution in [0.2, 0.25) is 0 Å². The van der Waals surface area contributed by atoms with Gasteiger partial charge in [-0.2, -0.15) is 0 Å². The second-order valence-corrected chi connectivity index (χ2v) is 10.1. The number of unbranched alkanes of at least 4 members (excludes halogenated alkanes) is 5. The third kappa shape index (κ3) is 7.07. The number of hydrogen-bond acceptors (Lipinski definition) is 1. The molecule has 2 aromatic rings. The molecule has 1 saturated carbocycles. The van der Waals surface area contributed by atoms with E-state index in [9.17, 15) is 27.5 Å². The van der Waals surface area contributed by atoms with Crippen molar-refractivity contribution in [3.05, 3.63) is 58.4 Å². The molecule has 36 heavy (non-hydrogen) atoms. The first-order valence-electron chi connectivity index (χ1n) is 13.1. The van der Waals surface area contributed by atoms with Crippen molar-refractivity contribution in [1.29, 1.82) is 0 Å². The van der Waals surface area contributed by atoms with Crippen LogP contribution in [0.5, 0.6) is 0 Å². The normalized spacial score (nSPS) is 17.9. The quantitative estimate of drug-likeness (QED) is 0.176. The second kappa shape index (κ2) is 13.2. The van der Waals surface area contributed by atoms with Crippen LogP contribution < -0.4 is 0 Å². The summed E-state index contributed by atoms with van der Waals surface area (Å²) in [4.78, 5) is 11.4. The Morgan fingerprint density at radius 1 is 0.778 bits per heavy atom. The van der Waals surface area contributed by atoms with Gasteiger partial charge in [0.15, 0.2) is 17.5 Å².